The molecule has 29 heavy (non-hydrogen) atoms. The first-order valence-electron chi connectivity index (χ1n) is 9.73. The number of benzene rings is 1. The Balaban J connectivity index is 2.21. The summed E-state index contributed by atoms with van der Waals surface area (Å²) in [7, 11) is 1.60. The predicted octanol–water partition coefficient (Wildman–Crippen LogP) is 4.32. The maximum atomic E-state index is 12.9. The van der Waals surface area contributed by atoms with Crippen molar-refractivity contribution in [1.82, 2.24) is 9.88 Å². The van der Waals surface area contributed by atoms with Crippen LogP contribution in [-0.2, 0) is 0 Å². The Kier molecular flexibility index (Phi) is 7.88. The Labute approximate surface area is 172 Å². The summed E-state index contributed by atoms with van der Waals surface area (Å²) in [5, 5.41) is 18.1. The lowest BCUT2D eigenvalue weighted by molar-refractivity contribution is 0.102. The van der Waals surface area contributed by atoms with E-state index in [1.54, 1.807) is 31.3 Å². The zero-order valence-electron chi connectivity index (χ0n) is 17.5. The molecule has 0 atom stereocenters. The minimum Gasteiger partial charge on any atom is -0.492 e. The molecule has 0 unspecified atom stereocenters. The van der Waals surface area contributed by atoms with E-state index in [2.05, 4.69) is 24.1 Å². The molecule has 3 N–H and O–H groups in total. The predicted molar refractivity (Wildman–Crippen MR) is 116 cm³/mol. The summed E-state index contributed by atoms with van der Waals surface area (Å²) in [6, 6.07) is 10.6. The Hall–Kier alpha value is -3.22. The fraction of sp³-hybridized carbons (Fsp3) is 0.364. The number of amidine groups is 1. The van der Waals surface area contributed by atoms with Gasteiger partial charge in [-0.25, -0.2) is 4.98 Å². The second kappa shape index (κ2) is 10.4. The average molecular weight is 396 g/mol. The van der Waals surface area contributed by atoms with Crippen molar-refractivity contribution in [2.24, 2.45) is 5.92 Å². The number of ether oxygens (including phenoxy) is 1. The van der Waals surface area contributed by atoms with Crippen LogP contribution >= 0.6 is 0 Å². The number of nitrogens with zero attached hydrogens (tertiary/aromatic N) is 2. The fourth-order valence-electron chi connectivity index (χ4n) is 2.74. The van der Waals surface area contributed by atoms with Crippen molar-refractivity contribution in [3.8, 4) is 5.75 Å². The summed E-state index contributed by atoms with van der Waals surface area (Å²) in [6.45, 7) is 6.75. The zero-order valence-corrected chi connectivity index (χ0v) is 17.5. The van der Waals surface area contributed by atoms with Gasteiger partial charge in [0, 0.05) is 7.05 Å². The molecule has 0 fully saturated rings. The molecule has 0 aliphatic carbocycles. The van der Waals surface area contributed by atoms with Crippen LogP contribution in [0.1, 0.15) is 48.3 Å². The van der Waals surface area contributed by atoms with Crippen molar-refractivity contribution in [2.45, 2.75) is 33.6 Å². The lowest BCUT2D eigenvalue weighted by atomic mass is 10.1. The van der Waals surface area contributed by atoms with E-state index in [1.807, 2.05) is 19.1 Å². The molecule has 0 aliphatic rings. The molecule has 1 heterocycles. The molecule has 154 valence electrons. The highest BCUT2D eigenvalue weighted by Crippen LogP contribution is 2.23. The number of aromatic nitrogens is 1. The third-order valence-corrected chi connectivity index (χ3v) is 4.79. The largest absolute Gasteiger partial charge is 0.492 e. The van der Waals surface area contributed by atoms with Crippen LogP contribution in [0, 0.1) is 23.7 Å². The van der Waals surface area contributed by atoms with E-state index in [0.717, 1.165) is 24.7 Å². The van der Waals surface area contributed by atoms with Gasteiger partial charge >= 0.3 is 0 Å². The number of nitrogens with one attached hydrogen (secondary N) is 3. The molecule has 0 bridgehead atoms. The number of anilines is 1. The van der Waals surface area contributed by atoms with Crippen LogP contribution in [0.3, 0.4) is 0 Å². The van der Waals surface area contributed by atoms with Crippen molar-refractivity contribution in [3.63, 3.8) is 0 Å². The van der Waals surface area contributed by atoms with E-state index in [9.17, 15) is 4.79 Å². The summed E-state index contributed by atoms with van der Waals surface area (Å²) >= 11 is 0. The van der Waals surface area contributed by atoms with Gasteiger partial charge in [-0.15, -0.1) is 0 Å². The van der Waals surface area contributed by atoms with Crippen LogP contribution in [0.25, 0.3) is 0 Å². The number of pyridine rings is 1. The minimum absolute atomic E-state index is 0.0702. The van der Waals surface area contributed by atoms with Crippen LogP contribution in [0.4, 0.5) is 5.82 Å². The van der Waals surface area contributed by atoms with Crippen LogP contribution in [0.15, 0.2) is 36.4 Å². The summed E-state index contributed by atoms with van der Waals surface area (Å²) in [5.74, 6) is 1.09. The van der Waals surface area contributed by atoms with E-state index in [-0.39, 0.29) is 11.7 Å². The molecular weight excluding hydrogens is 366 g/mol. The number of aryl methyl sites for hydroxylation is 1. The summed E-state index contributed by atoms with van der Waals surface area (Å²) < 4.78 is 5.96. The average Bonchev–Trinajstić information content (AvgIpc) is 2.74. The molecule has 0 aliphatic heterocycles. The third kappa shape index (κ3) is 5.88. The second-order valence-electron chi connectivity index (χ2n) is 6.94. The Morgan fingerprint density at radius 1 is 1.28 bits per heavy atom. The maximum absolute atomic E-state index is 12.9. The van der Waals surface area contributed by atoms with Crippen LogP contribution in [-0.4, -0.2) is 41.6 Å². The number of carbonyl (C=O) groups is 1. The zero-order chi connectivity index (χ0) is 21.4. The summed E-state index contributed by atoms with van der Waals surface area (Å²) in [5.41, 5.74) is 1.78. The normalized spacial score (nSPS) is 10.5. The van der Waals surface area contributed by atoms with E-state index < -0.39 is 0 Å². The van der Waals surface area contributed by atoms with Crippen LogP contribution < -0.4 is 10.1 Å². The van der Waals surface area contributed by atoms with Gasteiger partial charge in [-0.05, 0) is 37.1 Å². The molecule has 2 aromatic rings. The van der Waals surface area contributed by atoms with E-state index in [0.29, 0.717) is 35.3 Å². The first kappa shape index (κ1) is 22.1. The standard InChI is InChI=1S/C22H29N5O2/c1-5-16(6-2)13-29-19-11-10-15(3)12-17(19)22(28)26-20-9-7-8-18(25-20)21(24)27(4)14-23/h7-12,14,16,23-24H,5-6,13H2,1-4H3,(H,25,26,28). The van der Waals surface area contributed by atoms with Crippen LogP contribution in [0.2, 0.25) is 0 Å². The quantitative estimate of drug-likeness (QED) is 0.434. The topological polar surface area (TPSA) is 102 Å². The Morgan fingerprint density at radius 3 is 2.66 bits per heavy atom. The van der Waals surface area contributed by atoms with Gasteiger partial charge in [0.05, 0.1) is 18.5 Å². The van der Waals surface area contributed by atoms with Crippen molar-refractivity contribution in [2.75, 3.05) is 19.0 Å². The highest BCUT2D eigenvalue weighted by Gasteiger charge is 2.16. The van der Waals surface area contributed by atoms with Gasteiger partial charge in [0.25, 0.3) is 5.91 Å². The van der Waals surface area contributed by atoms with Gasteiger partial charge in [0.2, 0.25) is 0 Å². The molecule has 7 heteroatoms. The van der Waals surface area contributed by atoms with Crippen LogP contribution in [0.5, 0.6) is 5.75 Å². The number of rotatable bonds is 9. The Bertz CT molecular complexity index is 877. The first-order valence-corrected chi connectivity index (χ1v) is 9.73. The molecule has 0 spiro atoms. The molecule has 1 aromatic carbocycles. The highest BCUT2D eigenvalue weighted by molar-refractivity contribution is 6.06. The maximum Gasteiger partial charge on any atom is 0.260 e. The van der Waals surface area contributed by atoms with Gasteiger partial charge in [-0.1, -0.05) is 44.4 Å². The monoisotopic (exact) mass is 395 g/mol. The highest BCUT2D eigenvalue weighted by atomic mass is 16.5. The lowest BCUT2D eigenvalue weighted by Crippen LogP contribution is -2.26. The first-order chi connectivity index (χ1) is 13.9. The van der Waals surface area contributed by atoms with Gasteiger partial charge in [0.15, 0.2) is 5.84 Å². The number of hydrogen-bond donors (Lipinski definition) is 3. The number of hydrogen-bond acceptors (Lipinski definition) is 5. The van der Waals surface area contributed by atoms with Crippen molar-refractivity contribution < 1.29 is 9.53 Å². The van der Waals surface area contributed by atoms with Gasteiger partial charge in [-0.2, -0.15) is 0 Å². The van der Waals surface area contributed by atoms with E-state index in [4.69, 9.17) is 15.6 Å². The summed E-state index contributed by atoms with van der Waals surface area (Å²) in [6.07, 6.45) is 3.08. The fourth-order valence-corrected chi connectivity index (χ4v) is 2.74. The number of carbonyl (C=O) groups excluding carboxylic acids is 1. The van der Waals surface area contributed by atoms with Gasteiger partial charge in [-0.3, -0.25) is 15.6 Å². The molecule has 0 radical (unpaired) electrons. The molecule has 1 aromatic heterocycles. The SMILES string of the molecule is CCC(CC)COc1ccc(C)cc1C(=O)Nc1cccc(C(=N)N(C)C=N)n1. The number of amides is 1. The molecule has 2 rings (SSSR count). The smallest absolute Gasteiger partial charge is 0.260 e. The Morgan fingerprint density at radius 2 is 2.00 bits per heavy atom. The lowest BCUT2D eigenvalue weighted by Gasteiger charge is -2.17. The van der Waals surface area contributed by atoms with Gasteiger partial charge < -0.3 is 15.0 Å². The van der Waals surface area contributed by atoms with E-state index >= 15 is 0 Å². The minimum atomic E-state index is -0.315. The van der Waals surface area contributed by atoms with Gasteiger partial charge in [0.1, 0.15) is 17.3 Å². The molecular formula is C22H29N5O2. The molecule has 0 saturated heterocycles. The molecule has 1 amide bonds. The molecule has 7 nitrogen and oxygen atoms in total. The molecule has 0 saturated carbocycles. The van der Waals surface area contributed by atoms with Crippen molar-refractivity contribution >= 4 is 23.9 Å². The third-order valence-electron chi connectivity index (χ3n) is 4.79. The summed E-state index contributed by atoms with van der Waals surface area (Å²) in [4.78, 5) is 18.6. The van der Waals surface area contributed by atoms with Crippen molar-refractivity contribution in [1.29, 1.82) is 10.8 Å². The van der Waals surface area contributed by atoms with Crippen molar-refractivity contribution in [3.05, 3.63) is 53.2 Å². The second-order valence-corrected chi connectivity index (χ2v) is 6.94. The van der Waals surface area contributed by atoms with E-state index in [1.165, 1.54) is 4.90 Å².